The van der Waals surface area contributed by atoms with Crippen LogP contribution in [0.1, 0.15) is 11.1 Å². The molecular formula is C21H21ClN4O2S. The normalized spacial score (nSPS) is 10.6. The van der Waals surface area contributed by atoms with E-state index in [1.807, 2.05) is 49.5 Å². The van der Waals surface area contributed by atoms with E-state index in [9.17, 15) is 9.59 Å². The first-order valence-corrected chi connectivity index (χ1v) is 10.5. The fourth-order valence-corrected chi connectivity index (χ4v) is 3.28. The molecule has 0 spiro atoms. The summed E-state index contributed by atoms with van der Waals surface area (Å²) < 4.78 is 1.72. The molecule has 0 saturated carbocycles. The average Bonchev–Trinajstić information content (AvgIpc) is 3.18. The summed E-state index contributed by atoms with van der Waals surface area (Å²) in [6.07, 6.45) is 3.56. The van der Waals surface area contributed by atoms with Gasteiger partial charge in [-0.1, -0.05) is 29.3 Å². The Labute approximate surface area is 178 Å². The van der Waals surface area contributed by atoms with Crippen LogP contribution in [0.25, 0.3) is 5.69 Å². The molecule has 2 amide bonds. The molecule has 6 nitrogen and oxygen atoms in total. The summed E-state index contributed by atoms with van der Waals surface area (Å²) >= 11 is 7.16. The first kappa shape index (κ1) is 21.0. The number of amides is 2. The van der Waals surface area contributed by atoms with E-state index >= 15 is 0 Å². The third kappa shape index (κ3) is 6.66. The van der Waals surface area contributed by atoms with Crippen molar-refractivity contribution >= 4 is 40.9 Å². The van der Waals surface area contributed by atoms with Crippen LogP contribution in [0.15, 0.2) is 60.9 Å². The number of aryl methyl sites for hydroxylation is 1. The lowest BCUT2D eigenvalue weighted by molar-refractivity contribution is -0.118. The van der Waals surface area contributed by atoms with Gasteiger partial charge in [0.25, 0.3) is 0 Å². The quantitative estimate of drug-likeness (QED) is 0.571. The van der Waals surface area contributed by atoms with Crippen molar-refractivity contribution in [3.63, 3.8) is 0 Å². The van der Waals surface area contributed by atoms with E-state index in [-0.39, 0.29) is 23.3 Å². The zero-order chi connectivity index (χ0) is 20.6. The predicted molar refractivity (Wildman–Crippen MR) is 118 cm³/mol. The van der Waals surface area contributed by atoms with Gasteiger partial charge in [-0.25, -0.2) is 4.68 Å². The summed E-state index contributed by atoms with van der Waals surface area (Å²) in [7, 11) is 0. The second kappa shape index (κ2) is 10.1. The monoisotopic (exact) mass is 428 g/mol. The molecule has 2 N–H and O–H groups in total. The Hall–Kier alpha value is -2.77. The molecule has 8 heteroatoms. The maximum Gasteiger partial charge on any atom is 0.234 e. The van der Waals surface area contributed by atoms with Crippen LogP contribution in [-0.4, -0.2) is 33.1 Å². The van der Waals surface area contributed by atoms with Crippen LogP contribution in [0.5, 0.6) is 0 Å². The molecule has 2 aromatic carbocycles. The van der Waals surface area contributed by atoms with Gasteiger partial charge in [-0.2, -0.15) is 5.10 Å². The zero-order valence-electron chi connectivity index (χ0n) is 15.9. The van der Waals surface area contributed by atoms with Crippen molar-refractivity contribution < 1.29 is 9.59 Å². The van der Waals surface area contributed by atoms with Crippen LogP contribution in [0.4, 0.5) is 5.69 Å². The van der Waals surface area contributed by atoms with Crippen molar-refractivity contribution in [2.45, 2.75) is 13.5 Å². The van der Waals surface area contributed by atoms with Crippen LogP contribution in [0.2, 0.25) is 5.02 Å². The van der Waals surface area contributed by atoms with Gasteiger partial charge in [0.15, 0.2) is 0 Å². The minimum absolute atomic E-state index is 0.127. The molecular weight excluding hydrogens is 408 g/mol. The second-order valence-electron chi connectivity index (χ2n) is 6.45. The van der Waals surface area contributed by atoms with Gasteiger partial charge >= 0.3 is 0 Å². The summed E-state index contributed by atoms with van der Waals surface area (Å²) in [4.78, 5) is 23.9. The Balaban J connectivity index is 1.37. The van der Waals surface area contributed by atoms with E-state index in [0.717, 1.165) is 22.5 Å². The number of carbonyl (C=O) groups is 2. The molecule has 29 heavy (non-hydrogen) atoms. The first-order valence-electron chi connectivity index (χ1n) is 9.00. The Bertz CT molecular complexity index is 971. The van der Waals surface area contributed by atoms with E-state index in [1.54, 1.807) is 23.0 Å². The van der Waals surface area contributed by atoms with Crippen molar-refractivity contribution in [2.75, 3.05) is 16.8 Å². The van der Waals surface area contributed by atoms with Crippen molar-refractivity contribution in [1.29, 1.82) is 0 Å². The minimum atomic E-state index is -0.129. The highest BCUT2D eigenvalue weighted by atomic mass is 35.5. The Kier molecular flexibility index (Phi) is 7.32. The number of hydrogen-bond acceptors (Lipinski definition) is 4. The van der Waals surface area contributed by atoms with E-state index in [4.69, 9.17) is 11.6 Å². The van der Waals surface area contributed by atoms with Crippen LogP contribution in [-0.2, 0) is 16.1 Å². The van der Waals surface area contributed by atoms with Crippen LogP contribution in [0, 0.1) is 6.92 Å². The SMILES string of the molecule is Cc1ccc(NC(=O)CSCC(=O)NCc2cnn(-c3ccc(Cl)cc3)c2)cc1. The summed E-state index contributed by atoms with van der Waals surface area (Å²) in [5, 5.41) is 10.6. The molecule has 150 valence electrons. The molecule has 1 aromatic heterocycles. The van der Waals surface area contributed by atoms with Crippen molar-refractivity contribution in [1.82, 2.24) is 15.1 Å². The minimum Gasteiger partial charge on any atom is -0.351 e. The Morgan fingerprint density at radius 1 is 1.03 bits per heavy atom. The van der Waals surface area contributed by atoms with Crippen molar-refractivity contribution in [3.8, 4) is 5.69 Å². The molecule has 0 fully saturated rings. The number of nitrogens with one attached hydrogen (secondary N) is 2. The van der Waals surface area contributed by atoms with Gasteiger partial charge in [0.2, 0.25) is 11.8 Å². The number of rotatable bonds is 8. The lowest BCUT2D eigenvalue weighted by Crippen LogP contribution is -2.25. The highest BCUT2D eigenvalue weighted by Gasteiger charge is 2.07. The summed E-state index contributed by atoms with van der Waals surface area (Å²) in [5.41, 5.74) is 3.66. The number of nitrogens with zero attached hydrogens (tertiary/aromatic N) is 2. The largest absolute Gasteiger partial charge is 0.351 e. The van der Waals surface area contributed by atoms with E-state index in [2.05, 4.69) is 15.7 Å². The molecule has 0 unspecified atom stereocenters. The van der Waals surface area contributed by atoms with Gasteiger partial charge in [0.05, 0.1) is 23.4 Å². The van der Waals surface area contributed by atoms with Gasteiger partial charge in [0, 0.05) is 29.0 Å². The lowest BCUT2D eigenvalue weighted by Gasteiger charge is -2.06. The number of hydrogen-bond donors (Lipinski definition) is 2. The van der Waals surface area contributed by atoms with Gasteiger partial charge in [-0.15, -0.1) is 11.8 Å². The third-order valence-electron chi connectivity index (χ3n) is 4.02. The highest BCUT2D eigenvalue weighted by molar-refractivity contribution is 8.00. The molecule has 0 aliphatic carbocycles. The second-order valence-corrected chi connectivity index (χ2v) is 7.88. The van der Waals surface area contributed by atoms with E-state index in [1.165, 1.54) is 11.8 Å². The number of benzene rings is 2. The third-order valence-corrected chi connectivity index (χ3v) is 5.20. The van der Waals surface area contributed by atoms with Crippen LogP contribution < -0.4 is 10.6 Å². The summed E-state index contributed by atoms with van der Waals surface area (Å²) in [6, 6.07) is 14.9. The average molecular weight is 429 g/mol. The van der Waals surface area contributed by atoms with Crippen molar-refractivity contribution in [3.05, 3.63) is 77.1 Å². The van der Waals surface area contributed by atoms with Gasteiger partial charge in [0.1, 0.15) is 0 Å². The number of aromatic nitrogens is 2. The smallest absolute Gasteiger partial charge is 0.234 e. The molecule has 0 aliphatic rings. The predicted octanol–water partition coefficient (Wildman–Crippen LogP) is 3.82. The number of anilines is 1. The molecule has 3 rings (SSSR count). The van der Waals surface area contributed by atoms with Crippen LogP contribution >= 0.6 is 23.4 Å². The van der Waals surface area contributed by atoms with Gasteiger partial charge in [-0.3, -0.25) is 9.59 Å². The van der Waals surface area contributed by atoms with E-state index in [0.29, 0.717) is 11.6 Å². The first-order chi connectivity index (χ1) is 14.0. The van der Waals surface area contributed by atoms with Crippen LogP contribution in [0.3, 0.4) is 0 Å². The number of carbonyl (C=O) groups excluding carboxylic acids is 2. The lowest BCUT2D eigenvalue weighted by atomic mass is 10.2. The van der Waals surface area contributed by atoms with Crippen molar-refractivity contribution in [2.24, 2.45) is 0 Å². The number of halogens is 1. The Morgan fingerprint density at radius 2 is 1.72 bits per heavy atom. The van der Waals surface area contributed by atoms with Gasteiger partial charge < -0.3 is 10.6 Å². The maximum absolute atomic E-state index is 12.0. The number of thioether (sulfide) groups is 1. The molecule has 0 atom stereocenters. The topological polar surface area (TPSA) is 76.0 Å². The standard InChI is InChI=1S/C21H21ClN4O2S/c1-15-2-6-18(7-3-15)25-21(28)14-29-13-20(27)23-10-16-11-24-26(12-16)19-8-4-17(22)5-9-19/h2-9,11-12H,10,13-14H2,1H3,(H,23,27)(H,25,28). The van der Waals surface area contributed by atoms with E-state index < -0.39 is 0 Å². The molecule has 0 aliphatic heterocycles. The fraction of sp³-hybridized carbons (Fsp3) is 0.190. The molecule has 0 saturated heterocycles. The highest BCUT2D eigenvalue weighted by Crippen LogP contribution is 2.13. The van der Waals surface area contributed by atoms with Gasteiger partial charge in [-0.05, 0) is 43.3 Å². The summed E-state index contributed by atoms with van der Waals surface area (Å²) in [6.45, 7) is 2.37. The molecule has 1 heterocycles. The Morgan fingerprint density at radius 3 is 2.45 bits per heavy atom. The summed E-state index contributed by atoms with van der Waals surface area (Å²) in [5.74, 6) is 0.177. The maximum atomic E-state index is 12.0. The fourth-order valence-electron chi connectivity index (χ4n) is 2.51. The molecule has 3 aromatic rings. The zero-order valence-corrected chi connectivity index (χ0v) is 17.5. The molecule has 0 bridgehead atoms. The molecule has 0 radical (unpaired) electrons.